The normalized spacial score (nSPS) is 10.7. The predicted octanol–water partition coefficient (Wildman–Crippen LogP) is 3.85. The van der Waals surface area contributed by atoms with Crippen LogP contribution in [0.2, 0.25) is 0 Å². The fourth-order valence-corrected chi connectivity index (χ4v) is 2.90. The summed E-state index contributed by atoms with van der Waals surface area (Å²) in [5.41, 5.74) is 6.54. The van der Waals surface area contributed by atoms with Crippen LogP contribution in [0.4, 0.5) is 0 Å². The van der Waals surface area contributed by atoms with Crippen LogP contribution in [0.15, 0.2) is 85.7 Å². The van der Waals surface area contributed by atoms with Crippen LogP contribution in [0.25, 0.3) is 22.5 Å². The highest BCUT2D eigenvalue weighted by molar-refractivity contribution is 5.61. The maximum Gasteiger partial charge on any atom is 0.173 e. The number of aromatic nitrogens is 4. The molecule has 26 heavy (non-hydrogen) atoms. The Kier molecular flexibility index (Phi) is 4.48. The predicted molar refractivity (Wildman–Crippen MR) is 101 cm³/mol. The standard InChI is InChI=1S/C22H19N4/c1-17-2-10-24-21(14-17)22-15-18(3-11-25-22)16-26-12-6-20(7-13-26)19-4-8-23-9-5-19/h2-15H,16H2,1H3/q+1. The number of nitrogens with zero attached hydrogens (tertiary/aromatic N) is 4. The van der Waals surface area contributed by atoms with Crippen LogP contribution in [0.1, 0.15) is 11.1 Å². The topological polar surface area (TPSA) is 42.5 Å². The Morgan fingerprint density at radius 2 is 1.38 bits per heavy atom. The van der Waals surface area contributed by atoms with Crippen molar-refractivity contribution >= 4 is 0 Å². The minimum atomic E-state index is 0.790. The van der Waals surface area contributed by atoms with Crippen LogP contribution < -0.4 is 4.57 Å². The molecule has 0 spiro atoms. The van der Waals surface area contributed by atoms with Crippen LogP contribution in [-0.4, -0.2) is 15.0 Å². The van der Waals surface area contributed by atoms with Crippen molar-refractivity contribution in [3.8, 4) is 22.5 Å². The van der Waals surface area contributed by atoms with E-state index in [4.69, 9.17) is 0 Å². The first-order valence-electron chi connectivity index (χ1n) is 8.55. The van der Waals surface area contributed by atoms with Crippen molar-refractivity contribution in [3.05, 3.63) is 96.8 Å². The molecule has 0 aliphatic heterocycles. The van der Waals surface area contributed by atoms with Gasteiger partial charge >= 0.3 is 0 Å². The Morgan fingerprint density at radius 1 is 0.731 bits per heavy atom. The first kappa shape index (κ1) is 16.1. The lowest BCUT2D eigenvalue weighted by atomic mass is 10.1. The van der Waals surface area contributed by atoms with E-state index in [-0.39, 0.29) is 0 Å². The van der Waals surface area contributed by atoms with E-state index in [1.165, 1.54) is 22.3 Å². The van der Waals surface area contributed by atoms with Gasteiger partial charge in [0.1, 0.15) is 0 Å². The van der Waals surface area contributed by atoms with Crippen molar-refractivity contribution in [3.63, 3.8) is 0 Å². The Morgan fingerprint density at radius 3 is 2.12 bits per heavy atom. The first-order chi connectivity index (χ1) is 12.8. The number of pyridine rings is 4. The third-order valence-corrected chi connectivity index (χ3v) is 4.27. The molecule has 0 aromatic carbocycles. The van der Waals surface area contributed by atoms with Gasteiger partial charge in [-0.2, -0.15) is 0 Å². The summed E-state index contributed by atoms with van der Waals surface area (Å²) < 4.78 is 2.16. The molecule has 0 N–H and O–H groups in total. The molecule has 0 aliphatic carbocycles. The lowest BCUT2D eigenvalue weighted by molar-refractivity contribution is -0.688. The molecule has 4 nitrogen and oxygen atoms in total. The van der Waals surface area contributed by atoms with Crippen LogP contribution in [0, 0.1) is 6.92 Å². The van der Waals surface area contributed by atoms with Crippen molar-refractivity contribution in [2.45, 2.75) is 13.5 Å². The van der Waals surface area contributed by atoms with Gasteiger partial charge in [0.05, 0.1) is 11.4 Å². The van der Waals surface area contributed by atoms with Gasteiger partial charge in [-0.05, 0) is 60.0 Å². The summed E-state index contributed by atoms with van der Waals surface area (Å²) in [7, 11) is 0. The third-order valence-electron chi connectivity index (χ3n) is 4.27. The molecule has 4 heterocycles. The number of hydrogen-bond acceptors (Lipinski definition) is 3. The van der Waals surface area contributed by atoms with Gasteiger partial charge in [-0.3, -0.25) is 15.0 Å². The molecule has 0 amide bonds. The third kappa shape index (κ3) is 3.64. The zero-order valence-corrected chi connectivity index (χ0v) is 14.6. The van der Waals surface area contributed by atoms with E-state index in [9.17, 15) is 0 Å². The SMILES string of the molecule is Cc1ccnc(-c2cc(C[n+]3ccc(-c4ccncc4)cc3)ccn2)c1. The molecule has 0 saturated carbocycles. The molecule has 4 rings (SSSR count). The molecule has 0 aliphatic rings. The van der Waals surface area contributed by atoms with Crippen LogP contribution in [0.5, 0.6) is 0 Å². The van der Waals surface area contributed by atoms with Gasteiger partial charge < -0.3 is 0 Å². The van der Waals surface area contributed by atoms with Crippen LogP contribution in [-0.2, 0) is 6.54 Å². The van der Waals surface area contributed by atoms with Crippen molar-refractivity contribution in [2.24, 2.45) is 0 Å². The first-order valence-corrected chi connectivity index (χ1v) is 8.55. The Bertz CT molecular complexity index is 1010. The second-order valence-electron chi connectivity index (χ2n) is 6.26. The highest BCUT2D eigenvalue weighted by Gasteiger charge is 2.07. The largest absolute Gasteiger partial charge is 0.265 e. The average Bonchev–Trinajstić information content (AvgIpc) is 2.69. The van der Waals surface area contributed by atoms with E-state index in [0.717, 1.165) is 17.9 Å². The second kappa shape index (κ2) is 7.23. The van der Waals surface area contributed by atoms with Crippen LogP contribution in [0.3, 0.4) is 0 Å². The molecule has 0 atom stereocenters. The zero-order valence-electron chi connectivity index (χ0n) is 14.6. The maximum atomic E-state index is 4.47. The molecule has 0 bridgehead atoms. The van der Waals surface area contributed by atoms with Crippen molar-refractivity contribution < 1.29 is 4.57 Å². The zero-order chi connectivity index (χ0) is 17.8. The molecule has 126 valence electrons. The van der Waals surface area contributed by atoms with Crippen molar-refractivity contribution in [1.82, 2.24) is 15.0 Å². The van der Waals surface area contributed by atoms with E-state index >= 15 is 0 Å². The summed E-state index contributed by atoms with van der Waals surface area (Å²) in [5.74, 6) is 0. The highest BCUT2D eigenvalue weighted by atomic mass is 14.9. The van der Waals surface area contributed by atoms with E-state index in [1.54, 1.807) is 0 Å². The Hall–Kier alpha value is -3.40. The molecule has 4 heteroatoms. The Balaban J connectivity index is 1.55. The molecule has 4 aromatic rings. The summed E-state index contributed by atoms with van der Waals surface area (Å²) in [6.45, 7) is 2.85. The molecule has 0 saturated heterocycles. The molecule has 0 unspecified atom stereocenters. The fraction of sp³-hybridized carbons (Fsp3) is 0.0909. The summed E-state index contributed by atoms with van der Waals surface area (Å²) in [6, 6.07) is 16.5. The fourth-order valence-electron chi connectivity index (χ4n) is 2.90. The van der Waals surface area contributed by atoms with Crippen molar-refractivity contribution in [2.75, 3.05) is 0 Å². The van der Waals surface area contributed by atoms with Crippen molar-refractivity contribution in [1.29, 1.82) is 0 Å². The van der Waals surface area contributed by atoms with Gasteiger partial charge in [0.25, 0.3) is 0 Å². The molecular formula is C22H19N4+. The smallest absolute Gasteiger partial charge is 0.173 e. The lowest BCUT2D eigenvalue weighted by Crippen LogP contribution is -2.33. The van der Waals surface area contributed by atoms with E-state index in [0.29, 0.717) is 0 Å². The monoisotopic (exact) mass is 339 g/mol. The van der Waals surface area contributed by atoms with Gasteiger partial charge in [-0.15, -0.1) is 0 Å². The lowest BCUT2D eigenvalue weighted by Gasteiger charge is -2.04. The number of aryl methyl sites for hydroxylation is 1. The average molecular weight is 339 g/mol. The van der Waals surface area contributed by atoms with Gasteiger partial charge in [0.2, 0.25) is 0 Å². The molecule has 0 fully saturated rings. The highest BCUT2D eigenvalue weighted by Crippen LogP contribution is 2.17. The summed E-state index contributed by atoms with van der Waals surface area (Å²) in [6.07, 6.45) is 11.5. The van der Waals surface area contributed by atoms with E-state index < -0.39 is 0 Å². The van der Waals surface area contributed by atoms with Crippen LogP contribution >= 0.6 is 0 Å². The van der Waals surface area contributed by atoms with Gasteiger partial charge in [0.15, 0.2) is 18.9 Å². The van der Waals surface area contributed by atoms with E-state index in [1.807, 2.05) is 49.1 Å². The summed E-state index contributed by atoms with van der Waals surface area (Å²) in [4.78, 5) is 13.0. The van der Waals surface area contributed by atoms with Gasteiger partial charge in [-0.25, -0.2) is 4.57 Å². The minimum absolute atomic E-state index is 0.790. The molecular weight excluding hydrogens is 320 g/mol. The minimum Gasteiger partial charge on any atom is -0.265 e. The quantitative estimate of drug-likeness (QED) is 0.530. The second-order valence-corrected chi connectivity index (χ2v) is 6.26. The van der Waals surface area contributed by atoms with Gasteiger partial charge in [-0.1, -0.05) is 0 Å². The summed E-state index contributed by atoms with van der Waals surface area (Å²) >= 11 is 0. The number of rotatable bonds is 4. The summed E-state index contributed by atoms with van der Waals surface area (Å²) in [5, 5.41) is 0. The maximum absolute atomic E-state index is 4.47. The number of hydrogen-bond donors (Lipinski definition) is 0. The van der Waals surface area contributed by atoms with E-state index in [2.05, 4.69) is 63.1 Å². The van der Waals surface area contributed by atoms with Gasteiger partial charge in [0, 0.05) is 42.5 Å². The Labute approximate surface area is 152 Å². The molecule has 4 aromatic heterocycles. The molecule has 0 radical (unpaired) electrons.